The summed E-state index contributed by atoms with van der Waals surface area (Å²) in [6, 6.07) is 12.6. The van der Waals surface area contributed by atoms with E-state index < -0.39 is 0 Å². The molecule has 160 valence electrons. The van der Waals surface area contributed by atoms with Gasteiger partial charge in [0, 0.05) is 0 Å². The van der Waals surface area contributed by atoms with E-state index in [9.17, 15) is 4.79 Å². The molecule has 1 aliphatic rings. The minimum Gasteiger partial charge on any atom is -0.465 e. The van der Waals surface area contributed by atoms with E-state index in [1.54, 1.807) is 0 Å². The molecule has 0 fully saturated rings. The van der Waals surface area contributed by atoms with E-state index in [1.165, 1.54) is 47.8 Å². The zero-order chi connectivity index (χ0) is 22.1. The normalized spacial score (nSPS) is 17.4. The zero-order valence-electron chi connectivity index (χ0n) is 19.7. The van der Waals surface area contributed by atoms with Gasteiger partial charge < -0.3 is 4.74 Å². The molecule has 0 saturated heterocycles. The van der Waals surface area contributed by atoms with Crippen LogP contribution in [0.1, 0.15) is 99.0 Å². The number of allylic oxidation sites excluding steroid dienone is 1. The molecule has 2 aromatic rings. The molecule has 0 atom stereocenters. The predicted molar refractivity (Wildman–Crippen MR) is 127 cm³/mol. The number of esters is 1. The molecule has 0 radical (unpaired) electrons. The second kappa shape index (κ2) is 8.41. The lowest BCUT2D eigenvalue weighted by atomic mass is 9.62. The van der Waals surface area contributed by atoms with Crippen molar-refractivity contribution in [1.29, 1.82) is 0 Å². The summed E-state index contributed by atoms with van der Waals surface area (Å²) in [6.07, 6.45) is 6.90. The van der Waals surface area contributed by atoms with Crippen LogP contribution in [0.4, 0.5) is 0 Å². The summed E-state index contributed by atoms with van der Waals surface area (Å²) in [4.78, 5) is 11.7. The number of fused-ring (bicyclic) bond motifs is 1. The fourth-order valence-corrected chi connectivity index (χ4v) is 4.66. The van der Waals surface area contributed by atoms with Crippen molar-refractivity contribution in [2.45, 2.75) is 78.1 Å². The fraction of sp³-hybridized carbons (Fsp3) is 0.464. The van der Waals surface area contributed by atoms with Crippen LogP contribution >= 0.6 is 0 Å². The molecule has 30 heavy (non-hydrogen) atoms. The van der Waals surface area contributed by atoms with Crippen LogP contribution in [0.5, 0.6) is 0 Å². The van der Waals surface area contributed by atoms with Gasteiger partial charge in [-0.25, -0.2) is 4.79 Å². The monoisotopic (exact) mass is 404 g/mol. The molecule has 0 N–H and O–H groups in total. The van der Waals surface area contributed by atoms with Gasteiger partial charge in [-0.05, 0) is 82.5 Å². The molecule has 2 nitrogen and oxygen atoms in total. The van der Waals surface area contributed by atoms with Gasteiger partial charge in [0.25, 0.3) is 0 Å². The van der Waals surface area contributed by atoms with E-state index >= 15 is 0 Å². The maximum atomic E-state index is 11.7. The van der Waals surface area contributed by atoms with E-state index in [-0.39, 0.29) is 16.8 Å². The van der Waals surface area contributed by atoms with Gasteiger partial charge in [0.1, 0.15) is 0 Å². The first-order valence-corrected chi connectivity index (χ1v) is 11.1. The molecule has 0 aliphatic heterocycles. The number of carbonyl (C=O) groups is 1. The SMILES string of the molecule is CCCc1cc2c(cc1C(C)=Cc1ccc(C(=O)OC)cc1)C(C)(C)CCC2(C)C. The molecule has 1 aliphatic carbocycles. The molecule has 0 saturated carbocycles. The number of methoxy groups -OCH3 is 1. The van der Waals surface area contributed by atoms with Crippen molar-refractivity contribution in [3.8, 4) is 0 Å². The van der Waals surface area contributed by atoms with Crippen LogP contribution in [0.3, 0.4) is 0 Å². The van der Waals surface area contributed by atoms with Crippen molar-refractivity contribution in [3.05, 3.63) is 69.8 Å². The van der Waals surface area contributed by atoms with Crippen LogP contribution in [0.2, 0.25) is 0 Å². The minimum absolute atomic E-state index is 0.201. The Balaban J connectivity index is 2.08. The fourth-order valence-electron chi connectivity index (χ4n) is 4.66. The summed E-state index contributed by atoms with van der Waals surface area (Å²) in [5.74, 6) is -0.299. The molecule has 3 rings (SSSR count). The Labute approximate surface area is 182 Å². The molecule has 0 bridgehead atoms. The Hall–Kier alpha value is -2.35. The second-order valence-corrected chi connectivity index (χ2v) is 10.0. The number of ether oxygens (including phenoxy) is 1. The summed E-state index contributed by atoms with van der Waals surface area (Å²) >= 11 is 0. The second-order valence-electron chi connectivity index (χ2n) is 10.0. The highest BCUT2D eigenvalue weighted by molar-refractivity contribution is 5.90. The Kier molecular flexibility index (Phi) is 6.26. The quantitative estimate of drug-likeness (QED) is 0.385. The number of benzene rings is 2. The lowest BCUT2D eigenvalue weighted by molar-refractivity contribution is 0.0600. The van der Waals surface area contributed by atoms with E-state index in [4.69, 9.17) is 4.74 Å². The third kappa shape index (κ3) is 4.38. The van der Waals surface area contributed by atoms with Crippen molar-refractivity contribution < 1.29 is 9.53 Å². The zero-order valence-corrected chi connectivity index (χ0v) is 19.7. The Bertz CT molecular complexity index is 959. The summed E-state index contributed by atoms with van der Waals surface area (Å²) in [5, 5.41) is 0. The average Bonchev–Trinajstić information content (AvgIpc) is 2.71. The van der Waals surface area contributed by atoms with Crippen molar-refractivity contribution in [3.63, 3.8) is 0 Å². The van der Waals surface area contributed by atoms with Crippen LogP contribution < -0.4 is 0 Å². The number of carbonyl (C=O) groups excluding carboxylic acids is 1. The molecular formula is C28H36O2. The Morgan fingerprint density at radius 2 is 1.57 bits per heavy atom. The first-order valence-electron chi connectivity index (χ1n) is 11.1. The lowest BCUT2D eigenvalue weighted by Gasteiger charge is -2.42. The molecule has 2 aromatic carbocycles. The molecule has 0 spiro atoms. The Morgan fingerprint density at radius 1 is 1.00 bits per heavy atom. The van der Waals surface area contributed by atoms with Crippen molar-refractivity contribution >= 4 is 17.6 Å². The molecular weight excluding hydrogens is 368 g/mol. The predicted octanol–water partition coefficient (Wildman–Crippen LogP) is 7.34. The molecule has 2 heteroatoms. The highest BCUT2D eigenvalue weighted by Crippen LogP contribution is 2.47. The van der Waals surface area contributed by atoms with Gasteiger partial charge in [0.05, 0.1) is 12.7 Å². The van der Waals surface area contributed by atoms with E-state index in [0.717, 1.165) is 18.4 Å². The topological polar surface area (TPSA) is 26.3 Å². The maximum Gasteiger partial charge on any atom is 0.337 e. The van der Waals surface area contributed by atoms with Gasteiger partial charge in [-0.3, -0.25) is 0 Å². The highest BCUT2D eigenvalue weighted by atomic mass is 16.5. The van der Waals surface area contributed by atoms with Gasteiger partial charge in [0.15, 0.2) is 0 Å². The third-order valence-corrected chi connectivity index (χ3v) is 6.74. The van der Waals surface area contributed by atoms with Gasteiger partial charge in [-0.1, -0.05) is 71.4 Å². The first kappa shape index (κ1) is 22.3. The number of hydrogen-bond donors (Lipinski definition) is 0. The van der Waals surface area contributed by atoms with Crippen LogP contribution in [-0.4, -0.2) is 13.1 Å². The van der Waals surface area contributed by atoms with Gasteiger partial charge in [0.2, 0.25) is 0 Å². The lowest BCUT2D eigenvalue weighted by Crippen LogP contribution is -2.34. The van der Waals surface area contributed by atoms with Crippen molar-refractivity contribution in [1.82, 2.24) is 0 Å². The number of rotatable bonds is 5. The largest absolute Gasteiger partial charge is 0.465 e. The molecule has 0 unspecified atom stereocenters. The van der Waals surface area contributed by atoms with E-state index in [0.29, 0.717) is 5.56 Å². The molecule has 0 aromatic heterocycles. The van der Waals surface area contributed by atoms with Gasteiger partial charge >= 0.3 is 5.97 Å². The first-order chi connectivity index (χ1) is 14.1. The average molecular weight is 405 g/mol. The third-order valence-electron chi connectivity index (χ3n) is 6.74. The van der Waals surface area contributed by atoms with Crippen LogP contribution in [0.25, 0.3) is 11.6 Å². The van der Waals surface area contributed by atoms with Crippen molar-refractivity contribution in [2.75, 3.05) is 7.11 Å². The smallest absolute Gasteiger partial charge is 0.337 e. The minimum atomic E-state index is -0.299. The van der Waals surface area contributed by atoms with E-state index in [2.05, 4.69) is 59.8 Å². The molecule has 0 heterocycles. The van der Waals surface area contributed by atoms with Gasteiger partial charge in [-0.15, -0.1) is 0 Å². The van der Waals surface area contributed by atoms with Crippen LogP contribution in [0, 0.1) is 0 Å². The highest BCUT2D eigenvalue weighted by Gasteiger charge is 2.37. The maximum absolute atomic E-state index is 11.7. The summed E-state index contributed by atoms with van der Waals surface area (Å²) in [5.41, 5.74) is 9.21. The molecule has 0 amide bonds. The summed E-state index contributed by atoms with van der Waals surface area (Å²) in [6.45, 7) is 14.0. The standard InChI is InChI=1S/C28H36O2/c1-8-9-22-17-24-25(28(5,6)15-14-27(24,3)4)18-23(22)19(2)16-20-10-12-21(13-11-20)26(29)30-7/h10-13,16-18H,8-9,14-15H2,1-7H3. The summed E-state index contributed by atoms with van der Waals surface area (Å²) in [7, 11) is 1.41. The Morgan fingerprint density at radius 3 is 2.10 bits per heavy atom. The number of hydrogen-bond acceptors (Lipinski definition) is 2. The van der Waals surface area contributed by atoms with Crippen LogP contribution in [-0.2, 0) is 22.0 Å². The number of aryl methyl sites for hydroxylation is 1. The van der Waals surface area contributed by atoms with Gasteiger partial charge in [-0.2, -0.15) is 0 Å². The summed E-state index contributed by atoms with van der Waals surface area (Å²) < 4.78 is 4.80. The van der Waals surface area contributed by atoms with E-state index in [1.807, 2.05) is 24.3 Å². The van der Waals surface area contributed by atoms with Crippen molar-refractivity contribution in [2.24, 2.45) is 0 Å². The van der Waals surface area contributed by atoms with Crippen LogP contribution in [0.15, 0.2) is 36.4 Å².